The van der Waals surface area contributed by atoms with Crippen LogP contribution in [0, 0.1) is 34.4 Å². The maximum atomic E-state index is 14.2. The molecule has 1 amide bonds. The first kappa shape index (κ1) is 22.9. The summed E-state index contributed by atoms with van der Waals surface area (Å²) in [6.45, 7) is 5.27. The lowest BCUT2D eigenvalue weighted by atomic mass is 9.99. The molecule has 0 unspecified atom stereocenters. The van der Waals surface area contributed by atoms with Gasteiger partial charge in [-0.3, -0.25) is 14.3 Å². The van der Waals surface area contributed by atoms with Crippen LogP contribution in [0.4, 0.5) is 9.18 Å². The fourth-order valence-electron chi connectivity index (χ4n) is 4.29. The van der Waals surface area contributed by atoms with Crippen LogP contribution >= 0.6 is 0 Å². The van der Waals surface area contributed by atoms with E-state index in [9.17, 15) is 29.6 Å². The van der Waals surface area contributed by atoms with Crippen LogP contribution < -0.4 is 5.56 Å². The summed E-state index contributed by atoms with van der Waals surface area (Å²) < 4.78 is 15.5. The van der Waals surface area contributed by atoms with E-state index in [1.807, 2.05) is 12.1 Å². The molecule has 0 spiro atoms. The molecule has 1 atom stereocenters. The number of amides is 1. The second kappa shape index (κ2) is 8.27. The molecule has 34 heavy (non-hydrogen) atoms. The number of aromatic nitrogens is 2. The fraction of sp³-hybridized carbons (Fsp3) is 0.320. The second-order valence-corrected chi connectivity index (χ2v) is 9.34. The van der Waals surface area contributed by atoms with Gasteiger partial charge in [-0.1, -0.05) is 6.07 Å². The third-order valence-corrected chi connectivity index (χ3v) is 5.86. The topological polar surface area (TPSA) is 123 Å². The number of hydrogen-bond acceptors (Lipinski definition) is 5. The Morgan fingerprint density at radius 2 is 1.94 bits per heavy atom. The minimum atomic E-state index is -1.17. The highest BCUT2D eigenvalue weighted by Gasteiger charge is 2.45. The third-order valence-electron chi connectivity index (χ3n) is 5.86. The molecular formula is C25H22FN5O3. The zero-order chi connectivity index (χ0) is 24.8. The summed E-state index contributed by atoms with van der Waals surface area (Å²) in [5.41, 5.74) is -0.968. The number of rotatable bonds is 4. The van der Waals surface area contributed by atoms with E-state index in [2.05, 4.69) is 4.98 Å². The summed E-state index contributed by atoms with van der Waals surface area (Å²) in [4.78, 5) is 32.1. The van der Waals surface area contributed by atoms with E-state index in [1.54, 1.807) is 39.0 Å². The lowest BCUT2D eigenvalue weighted by Gasteiger charge is -2.40. The van der Waals surface area contributed by atoms with E-state index in [0.717, 1.165) is 25.0 Å². The van der Waals surface area contributed by atoms with Crippen LogP contribution in [0.2, 0.25) is 0 Å². The number of carboxylic acid groups (broad SMARTS) is 1. The number of carbonyl (C=O) groups is 1. The molecule has 1 aromatic heterocycles. The van der Waals surface area contributed by atoms with Gasteiger partial charge >= 0.3 is 6.09 Å². The zero-order valence-corrected chi connectivity index (χ0v) is 18.9. The van der Waals surface area contributed by atoms with Gasteiger partial charge in [-0.05, 0) is 69.9 Å². The van der Waals surface area contributed by atoms with Crippen LogP contribution in [0.5, 0.6) is 0 Å². The van der Waals surface area contributed by atoms with Gasteiger partial charge in [0.05, 0.1) is 39.8 Å². The van der Waals surface area contributed by atoms with E-state index in [0.29, 0.717) is 11.3 Å². The molecule has 3 aromatic rings. The van der Waals surface area contributed by atoms with E-state index >= 15 is 0 Å². The number of halogens is 1. The third kappa shape index (κ3) is 3.97. The van der Waals surface area contributed by atoms with E-state index in [-0.39, 0.29) is 28.2 Å². The molecule has 0 saturated heterocycles. The number of hydrogen-bond donors (Lipinski definition) is 1. The molecule has 1 aliphatic rings. The Balaban J connectivity index is 2.16. The first-order valence-electron chi connectivity index (χ1n) is 10.8. The van der Waals surface area contributed by atoms with Gasteiger partial charge in [0.25, 0.3) is 5.56 Å². The lowest BCUT2D eigenvalue weighted by molar-refractivity contribution is 0.0582. The van der Waals surface area contributed by atoms with Gasteiger partial charge in [0.2, 0.25) is 0 Å². The first-order chi connectivity index (χ1) is 16.1. The molecule has 2 aromatic carbocycles. The molecule has 172 valence electrons. The van der Waals surface area contributed by atoms with Crippen molar-refractivity contribution in [3.05, 3.63) is 69.5 Å². The normalized spacial score (nSPS) is 14.3. The van der Waals surface area contributed by atoms with Gasteiger partial charge in [-0.15, -0.1) is 0 Å². The molecule has 1 N–H and O–H groups in total. The molecule has 9 heteroatoms. The fourth-order valence-corrected chi connectivity index (χ4v) is 4.29. The van der Waals surface area contributed by atoms with E-state index in [4.69, 9.17) is 0 Å². The Morgan fingerprint density at radius 3 is 2.50 bits per heavy atom. The monoisotopic (exact) mass is 459 g/mol. The van der Waals surface area contributed by atoms with Crippen LogP contribution in [0.3, 0.4) is 0 Å². The standard InChI is InChI=1S/C25H22FN5O3/c1-25(2,3)31(24(33)34)21(15-7-8-15)22-29-20-16(13-28)10-17(26)11-19(20)23(32)30(22)18-6-4-5-14(9-18)12-27/h4-6,9-11,15,21H,7-8H2,1-3H3,(H,33,34)/t21-/m0/s1. The highest BCUT2D eigenvalue weighted by Crippen LogP contribution is 2.46. The highest BCUT2D eigenvalue weighted by atomic mass is 19.1. The highest BCUT2D eigenvalue weighted by molar-refractivity contribution is 5.84. The first-order valence-corrected chi connectivity index (χ1v) is 10.8. The molecule has 1 heterocycles. The lowest BCUT2D eigenvalue weighted by Crippen LogP contribution is -2.49. The predicted octanol–water partition coefficient (Wildman–Crippen LogP) is 4.50. The summed E-state index contributed by atoms with van der Waals surface area (Å²) in [5.74, 6) is -0.708. The minimum absolute atomic E-state index is 0.0153. The molecule has 0 aliphatic heterocycles. The van der Waals surface area contributed by atoms with E-state index in [1.165, 1.54) is 15.5 Å². The van der Waals surface area contributed by atoms with Gasteiger partial charge in [0.15, 0.2) is 0 Å². The van der Waals surface area contributed by atoms with Crippen LogP contribution in [0.25, 0.3) is 16.6 Å². The maximum absolute atomic E-state index is 14.2. The van der Waals surface area contributed by atoms with Crippen LogP contribution in [-0.2, 0) is 0 Å². The molecule has 1 fully saturated rings. The van der Waals surface area contributed by atoms with Crippen molar-refractivity contribution >= 4 is 17.0 Å². The Morgan fingerprint density at radius 1 is 1.24 bits per heavy atom. The Bertz CT molecular complexity index is 1450. The molecule has 4 rings (SSSR count). The van der Waals surface area contributed by atoms with Gasteiger partial charge in [0, 0.05) is 5.54 Å². The SMILES string of the molecule is CC(C)(C)N(C(=O)O)[C@H](c1nc2c(C#N)cc(F)cc2c(=O)n1-c1cccc(C#N)c1)C1CC1. The van der Waals surface area contributed by atoms with Crippen LogP contribution in [0.1, 0.15) is 56.6 Å². The van der Waals surface area contributed by atoms with Crippen molar-refractivity contribution in [2.24, 2.45) is 5.92 Å². The van der Waals surface area contributed by atoms with Crippen molar-refractivity contribution in [2.75, 3.05) is 0 Å². The molecule has 8 nitrogen and oxygen atoms in total. The minimum Gasteiger partial charge on any atom is -0.465 e. The summed E-state index contributed by atoms with van der Waals surface area (Å²) in [7, 11) is 0. The number of fused-ring (bicyclic) bond motifs is 1. The Kier molecular flexibility index (Phi) is 5.58. The van der Waals surface area contributed by atoms with Crippen molar-refractivity contribution in [3.63, 3.8) is 0 Å². The quantitative estimate of drug-likeness (QED) is 0.613. The number of nitrogens with zero attached hydrogens (tertiary/aromatic N) is 5. The van der Waals surface area contributed by atoms with Crippen LogP contribution in [0.15, 0.2) is 41.2 Å². The predicted molar refractivity (Wildman–Crippen MR) is 122 cm³/mol. The van der Waals surface area contributed by atoms with Gasteiger partial charge < -0.3 is 5.11 Å². The summed E-state index contributed by atoms with van der Waals surface area (Å²) >= 11 is 0. The number of benzene rings is 2. The van der Waals surface area contributed by atoms with Gasteiger partial charge in [-0.2, -0.15) is 10.5 Å². The Labute approximate surface area is 195 Å². The van der Waals surface area contributed by atoms with E-state index < -0.39 is 29.1 Å². The maximum Gasteiger partial charge on any atom is 0.408 e. The average molecular weight is 459 g/mol. The van der Waals surface area contributed by atoms with Crippen molar-refractivity contribution in [1.29, 1.82) is 10.5 Å². The van der Waals surface area contributed by atoms with Crippen molar-refractivity contribution in [2.45, 2.75) is 45.2 Å². The zero-order valence-electron chi connectivity index (χ0n) is 18.9. The van der Waals surface area contributed by atoms with Crippen molar-refractivity contribution in [3.8, 4) is 17.8 Å². The largest absolute Gasteiger partial charge is 0.465 e. The summed E-state index contributed by atoms with van der Waals surface area (Å²) in [6.07, 6.45) is 0.312. The van der Waals surface area contributed by atoms with Crippen molar-refractivity contribution in [1.82, 2.24) is 14.5 Å². The second-order valence-electron chi connectivity index (χ2n) is 9.34. The summed E-state index contributed by atoms with van der Waals surface area (Å²) in [5, 5.41) is 29.0. The van der Waals surface area contributed by atoms with Gasteiger partial charge in [-0.25, -0.2) is 14.2 Å². The van der Waals surface area contributed by atoms with Crippen LogP contribution in [-0.4, -0.2) is 31.2 Å². The average Bonchev–Trinajstić information content (AvgIpc) is 3.61. The molecule has 1 saturated carbocycles. The molecular weight excluding hydrogens is 437 g/mol. The summed E-state index contributed by atoms with van der Waals surface area (Å²) in [6, 6.07) is 11.4. The van der Waals surface area contributed by atoms with Gasteiger partial charge in [0.1, 0.15) is 17.7 Å². The smallest absolute Gasteiger partial charge is 0.408 e. The Hall–Kier alpha value is -4.24. The number of nitriles is 2. The molecule has 0 bridgehead atoms. The molecule has 1 aliphatic carbocycles. The molecule has 0 radical (unpaired) electrons. The van der Waals surface area contributed by atoms with Crippen molar-refractivity contribution < 1.29 is 14.3 Å².